The number of ether oxygens (including phenoxy) is 2. The summed E-state index contributed by atoms with van der Waals surface area (Å²) in [4.78, 5) is 27.1. The molecule has 0 N–H and O–H groups in total. The van der Waals surface area contributed by atoms with E-state index in [2.05, 4.69) is 42.6 Å². The fourth-order valence-corrected chi connectivity index (χ4v) is 2.60. The summed E-state index contributed by atoms with van der Waals surface area (Å²) in [6.45, 7) is 6.39. The first-order valence-electron chi connectivity index (χ1n) is 8.22. The van der Waals surface area contributed by atoms with Gasteiger partial charge in [0.15, 0.2) is 6.73 Å². The van der Waals surface area contributed by atoms with Gasteiger partial charge >= 0.3 is 11.9 Å². The van der Waals surface area contributed by atoms with E-state index >= 15 is 0 Å². The summed E-state index contributed by atoms with van der Waals surface area (Å²) in [5, 5.41) is 0. The molecule has 2 aromatic rings. The van der Waals surface area contributed by atoms with Crippen LogP contribution in [0, 0.1) is 13.8 Å². The molecule has 0 spiro atoms. The molecule has 0 saturated heterocycles. The lowest BCUT2D eigenvalue weighted by molar-refractivity contribution is -0.151. The Balaban J connectivity index is 0.00000338. The van der Waals surface area contributed by atoms with E-state index in [4.69, 9.17) is 4.74 Å². The van der Waals surface area contributed by atoms with Crippen molar-refractivity contribution in [2.45, 2.75) is 46.3 Å². The highest BCUT2D eigenvalue weighted by Crippen LogP contribution is 2.27. The molecule has 7 heteroatoms. The van der Waals surface area contributed by atoms with Gasteiger partial charge in [-0.2, -0.15) is 0 Å². The number of esters is 2. The van der Waals surface area contributed by atoms with Gasteiger partial charge in [-0.15, -0.1) is 12.4 Å². The van der Waals surface area contributed by atoms with Crippen LogP contribution >= 0.6 is 12.4 Å². The van der Waals surface area contributed by atoms with Gasteiger partial charge in [-0.25, -0.2) is 4.98 Å². The molecule has 1 heterocycles. The zero-order chi connectivity index (χ0) is 18.4. The standard InChI is InChI=1S/C19H24N2O4.ClH/c1-13-6-5-7-16(14(13)2)15(3)17-10-21(11-20-17)12-25-19(23)9-8-18(22)24-4;/h5-7,10-11,15H,8-9,12H2,1-4H3;1H/t15-;/m0./s1. The lowest BCUT2D eigenvalue weighted by Gasteiger charge is -2.14. The van der Waals surface area contributed by atoms with Gasteiger partial charge in [0.05, 0.1) is 32.0 Å². The number of hydrogen-bond acceptors (Lipinski definition) is 5. The fraction of sp³-hybridized carbons (Fsp3) is 0.421. The average Bonchev–Trinajstić information content (AvgIpc) is 3.08. The van der Waals surface area contributed by atoms with E-state index in [1.54, 1.807) is 10.9 Å². The highest BCUT2D eigenvalue weighted by molar-refractivity contribution is 5.85. The third kappa shape index (κ3) is 5.59. The second-order valence-corrected chi connectivity index (χ2v) is 6.05. The van der Waals surface area contributed by atoms with Crippen LogP contribution in [-0.4, -0.2) is 28.6 Å². The maximum Gasteiger partial charge on any atom is 0.308 e. The number of carbonyl (C=O) groups excluding carboxylic acids is 2. The average molecular weight is 381 g/mol. The largest absolute Gasteiger partial charge is 0.469 e. The molecule has 1 atom stereocenters. The highest BCUT2D eigenvalue weighted by Gasteiger charge is 2.15. The summed E-state index contributed by atoms with van der Waals surface area (Å²) in [5.74, 6) is -0.719. The third-order valence-corrected chi connectivity index (χ3v) is 4.35. The Morgan fingerprint density at radius 2 is 1.88 bits per heavy atom. The third-order valence-electron chi connectivity index (χ3n) is 4.35. The number of halogens is 1. The van der Waals surface area contributed by atoms with Crippen molar-refractivity contribution < 1.29 is 19.1 Å². The molecule has 26 heavy (non-hydrogen) atoms. The first-order valence-corrected chi connectivity index (χ1v) is 8.22. The number of aromatic nitrogens is 2. The SMILES string of the molecule is COC(=O)CCC(=O)OCn1cnc([C@@H](C)c2cccc(C)c2C)c1.Cl. The number of aryl methyl sites for hydroxylation is 1. The second-order valence-electron chi connectivity index (χ2n) is 6.05. The van der Waals surface area contributed by atoms with E-state index in [9.17, 15) is 9.59 Å². The van der Waals surface area contributed by atoms with Gasteiger partial charge in [-0.1, -0.05) is 25.1 Å². The number of imidazole rings is 1. The molecule has 0 aliphatic heterocycles. The topological polar surface area (TPSA) is 70.4 Å². The molecule has 0 aliphatic carbocycles. The monoisotopic (exact) mass is 380 g/mol. The van der Waals surface area contributed by atoms with E-state index < -0.39 is 11.9 Å². The Morgan fingerprint density at radius 3 is 2.58 bits per heavy atom. The molecule has 1 aromatic heterocycles. The predicted molar refractivity (Wildman–Crippen MR) is 100 cm³/mol. The summed E-state index contributed by atoms with van der Waals surface area (Å²) >= 11 is 0. The Hall–Kier alpha value is -2.34. The highest BCUT2D eigenvalue weighted by atomic mass is 35.5. The summed E-state index contributed by atoms with van der Waals surface area (Å²) in [6, 6.07) is 6.25. The van der Waals surface area contributed by atoms with Crippen molar-refractivity contribution in [3.05, 3.63) is 53.1 Å². The summed E-state index contributed by atoms with van der Waals surface area (Å²) in [6.07, 6.45) is 3.55. The normalized spacial score (nSPS) is 11.4. The number of carbonyl (C=O) groups is 2. The van der Waals surface area contributed by atoms with E-state index in [-0.39, 0.29) is 37.9 Å². The molecule has 0 radical (unpaired) electrons. The fourth-order valence-electron chi connectivity index (χ4n) is 2.60. The minimum absolute atomic E-state index is 0. The number of nitrogens with zero attached hydrogens (tertiary/aromatic N) is 2. The van der Waals surface area contributed by atoms with Gasteiger partial charge in [0.2, 0.25) is 0 Å². The van der Waals surface area contributed by atoms with Crippen molar-refractivity contribution in [2.75, 3.05) is 7.11 Å². The van der Waals surface area contributed by atoms with Crippen molar-refractivity contribution in [3.63, 3.8) is 0 Å². The van der Waals surface area contributed by atoms with Gasteiger partial charge in [-0.05, 0) is 30.5 Å². The molecule has 0 aliphatic rings. The van der Waals surface area contributed by atoms with Crippen molar-refractivity contribution in [2.24, 2.45) is 0 Å². The summed E-state index contributed by atoms with van der Waals surface area (Å²) < 4.78 is 11.3. The molecule has 2 rings (SSSR count). The van der Waals surface area contributed by atoms with Crippen LogP contribution in [0.25, 0.3) is 0 Å². The maximum absolute atomic E-state index is 11.6. The Kier molecular flexibility index (Phi) is 8.32. The van der Waals surface area contributed by atoms with Crippen molar-refractivity contribution >= 4 is 24.3 Å². The number of hydrogen-bond donors (Lipinski definition) is 0. The van der Waals surface area contributed by atoms with Crippen molar-refractivity contribution in [3.8, 4) is 0 Å². The lowest BCUT2D eigenvalue weighted by Crippen LogP contribution is -2.11. The Bertz CT molecular complexity index is 758. The second kappa shape index (κ2) is 9.97. The summed E-state index contributed by atoms with van der Waals surface area (Å²) in [5.41, 5.74) is 4.67. The van der Waals surface area contributed by atoms with Crippen LogP contribution in [0.3, 0.4) is 0 Å². The molecule has 0 bridgehead atoms. The summed E-state index contributed by atoms with van der Waals surface area (Å²) in [7, 11) is 1.29. The molecule has 1 aromatic carbocycles. The van der Waals surface area contributed by atoms with Crippen LogP contribution in [0.1, 0.15) is 48.1 Å². The van der Waals surface area contributed by atoms with E-state index in [0.29, 0.717) is 0 Å². The van der Waals surface area contributed by atoms with Crippen LogP contribution in [0.4, 0.5) is 0 Å². The minimum atomic E-state index is -0.441. The lowest BCUT2D eigenvalue weighted by atomic mass is 9.92. The van der Waals surface area contributed by atoms with Crippen LogP contribution in [0.2, 0.25) is 0 Å². The van der Waals surface area contributed by atoms with E-state index in [1.807, 2.05) is 12.3 Å². The number of benzene rings is 1. The Labute approximate surface area is 159 Å². The van der Waals surface area contributed by atoms with E-state index in [1.165, 1.54) is 23.8 Å². The van der Waals surface area contributed by atoms with Gasteiger partial charge < -0.3 is 14.0 Å². The minimum Gasteiger partial charge on any atom is -0.469 e. The van der Waals surface area contributed by atoms with Crippen molar-refractivity contribution in [1.29, 1.82) is 0 Å². The van der Waals surface area contributed by atoms with Crippen molar-refractivity contribution in [1.82, 2.24) is 9.55 Å². The van der Waals surface area contributed by atoms with Crippen LogP contribution in [0.5, 0.6) is 0 Å². The van der Waals surface area contributed by atoms with Gasteiger partial charge in [0.1, 0.15) is 0 Å². The number of rotatable bonds is 7. The Morgan fingerprint density at radius 1 is 1.19 bits per heavy atom. The first-order chi connectivity index (χ1) is 11.9. The van der Waals surface area contributed by atoms with Gasteiger partial charge in [-0.3, -0.25) is 9.59 Å². The van der Waals surface area contributed by atoms with Crippen LogP contribution < -0.4 is 0 Å². The number of methoxy groups -OCH3 is 1. The molecule has 0 fully saturated rings. The predicted octanol–water partition coefficient (Wildman–Crippen LogP) is 3.53. The molecular formula is C19H25ClN2O4. The van der Waals surface area contributed by atoms with E-state index in [0.717, 1.165) is 5.69 Å². The molecule has 0 unspecified atom stereocenters. The van der Waals surface area contributed by atoms with Gasteiger partial charge in [0, 0.05) is 12.1 Å². The zero-order valence-electron chi connectivity index (χ0n) is 15.5. The smallest absolute Gasteiger partial charge is 0.308 e. The molecular weight excluding hydrogens is 356 g/mol. The van der Waals surface area contributed by atoms with Gasteiger partial charge in [0.25, 0.3) is 0 Å². The molecule has 0 saturated carbocycles. The maximum atomic E-state index is 11.6. The molecule has 0 amide bonds. The molecule has 6 nitrogen and oxygen atoms in total. The molecule has 142 valence electrons. The quantitative estimate of drug-likeness (QED) is 0.687. The first kappa shape index (κ1) is 21.7. The zero-order valence-corrected chi connectivity index (χ0v) is 16.3. The van der Waals surface area contributed by atoms with Crippen LogP contribution in [-0.2, 0) is 25.8 Å². The van der Waals surface area contributed by atoms with Crippen LogP contribution in [0.15, 0.2) is 30.7 Å².